The van der Waals surface area contributed by atoms with Gasteiger partial charge in [-0.15, -0.1) is 5.10 Å². The van der Waals surface area contributed by atoms with Gasteiger partial charge in [0.2, 0.25) is 0 Å². The van der Waals surface area contributed by atoms with Gasteiger partial charge in [0.25, 0.3) is 0 Å². The Bertz CT molecular complexity index is 856. The first kappa shape index (κ1) is 14.8. The predicted octanol–water partition coefficient (Wildman–Crippen LogP) is 4.77. The van der Waals surface area contributed by atoms with Crippen LogP contribution in [0.2, 0.25) is 10.0 Å². The van der Waals surface area contributed by atoms with Crippen LogP contribution in [0.15, 0.2) is 53.8 Å². The predicted molar refractivity (Wildman–Crippen MR) is 91.8 cm³/mol. The number of hydrazone groups is 1. The van der Waals surface area contributed by atoms with Crippen molar-refractivity contribution < 1.29 is 0 Å². The van der Waals surface area contributed by atoms with E-state index in [2.05, 4.69) is 20.7 Å². The molecule has 3 rings (SSSR count). The summed E-state index contributed by atoms with van der Waals surface area (Å²) in [6, 6.07) is 13.2. The molecule has 1 aromatic heterocycles. The van der Waals surface area contributed by atoms with Crippen molar-refractivity contribution in [1.82, 2.24) is 10.2 Å². The Labute approximate surface area is 137 Å². The number of halogens is 2. The molecule has 0 radical (unpaired) electrons. The van der Waals surface area contributed by atoms with E-state index in [1.54, 1.807) is 18.3 Å². The quantitative estimate of drug-likeness (QED) is 0.555. The molecule has 0 bridgehead atoms. The van der Waals surface area contributed by atoms with Crippen molar-refractivity contribution in [2.45, 2.75) is 6.92 Å². The van der Waals surface area contributed by atoms with Gasteiger partial charge < -0.3 is 0 Å². The second kappa shape index (κ2) is 6.30. The molecule has 1 heterocycles. The molecule has 110 valence electrons. The molecule has 0 saturated heterocycles. The van der Waals surface area contributed by atoms with Crippen LogP contribution in [-0.2, 0) is 0 Å². The van der Waals surface area contributed by atoms with E-state index in [0.29, 0.717) is 15.9 Å². The van der Waals surface area contributed by atoms with Crippen LogP contribution in [0, 0.1) is 0 Å². The molecule has 0 saturated carbocycles. The Morgan fingerprint density at radius 2 is 1.91 bits per heavy atom. The van der Waals surface area contributed by atoms with Gasteiger partial charge in [0.15, 0.2) is 5.82 Å². The normalized spacial score (nSPS) is 11.7. The van der Waals surface area contributed by atoms with E-state index in [4.69, 9.17) is 23.2 Å². The summed E-state index contributed by atoms with van der Waals surface area (Å²) in [5, 5.41) is 15.4. The Morgan fingerprint density at radius 3 is 2.73 bits per heavy atom. The molecule has 0 aliphatic rings. The molecule has 6 heteroatoms. The first-order valence-electron chi connectivity index (χ1n) is 6.61. The molecule has 2 aromatic carbocycles. The number of anilines is 1. The molecule has 0 unspecified atom stereocenters. The van der Waals surface area contributed by atoms with E-state index in [-0.39, 0.29) is 0 Å². The van der Waals surface area contributed by atoms with Crippen molar-refractivity contribution in [3.8, 4) is 0 Å². The Balaban J connectivity index is 1.90. The highest BCUT2D eigenvalue weighted by Crippen LogP contribution is 2.23. The molecule has 0 aliphatic heterocycles. The fourth-order valence-corrected chi connectivity index (χ4v) is 2.33. The third-order valence-electron chi connectivity index (χ3n) is 3.24. The van der Waals surface area contributed by atoms with Crippen LogP contribution in [0.3, 0.4) is 0 Å². The van der Waals surface area contributed by atoms with Gasteiger partial charge in [0.05, 0.1) is 22.0 Å². The minimum atomic E-state index is 0.499. The van der Waals surface area contributed by atoms with E-state index in [1.165, 1.54) is 0 Å². The Kier molecular flexibility index (Phi) is 4.22. The number of hydrogen-bond donors (Lipinski definition) is 1. The number of fused-ring (bicyclic) bond motifs is 1. The molecule has 1 N–H and O–H groups in total. The lowest BCUT2D eigenvalue weighted by molar-refractivity contribution is 1.04. The van der Waals surface area contributed by atoms with Crippen molar-refractivity contribution in [3.05, 3.63) is 64.3 Å². The lowest BCUT2D eigenvalue weighted by Gasteiger charge is -2.06. The van der Waals surface area contributed by atoms with Crippen molar-refractivity contribution in [1.29, 1.82) is 0 Å². The van der Waals surface area contributed by atoms with Crippen LogP contribution in [-0.4, -0.2) is 15.9 Å². The average molecular weight is 331 g/mol. The zero-order valence-corrected chi connectivity index (χ0v) is 13.2. The summed E-state index contributed by atoms with van der Waals surface area (Å²) in [7, 11) is 0. The average Bonchev–Trinajstić information content (AvgIpc) is 2.55. The molecule has 3 aromatic rings. The highest BCUT2D eigenvalue weighted by Gasteiger charge is 2.04. The smallest absolute Gasteiger partial charge is 0.176 e. The van der Waals surface area contributed by atoms with Crippen molar-refractivity contribution in [2.75, 3.05) is 5.43 Å². The molecule has 0 amide bonds. The second-order valence-corrected chi connectivity index (χ2v) is 5.53. The van der Waals surface area contributed by atoms with E-state index in [9.17, 15) is 0 Å². The van der Waals surface area contributed by atoms with Crippen LogP contribution in [0.1, 0.15) is 12.5 Å². The maximum absolute atomic E-state index is 6.02. The summed E-state index contributed by atoms with van der Waals surface area (Å²) >= 11 is 11.9. The fourth-order valence-electron chi connectivity index (χ4n) is 2.03. The first-order valence-corrected chi connectivity index (χ1v) is 7.37. The number of benzene rings is 2. The molecular formula is C16H12Cl2N4. The maximum atomic E-state index is 6.02. The summed E-state index contributed by atoms with van der Waals surface area (Å²) in [6.07, 6.45) is 1.72. The summed E-state index contributed by atoms with van der Waals surface area (Å²) in [5.41, 5.74) is 4.61. The number of aromatic nitrogens is 2. The summed E-state index contributed by atoms with van der Waals surface area (Å²) in [6.45, 7) is 1.88. The van der Waals surface area contributed by atoms with Gasteiger partial charge in [-0.05, 0) is 24.6 Å². The van der Waals surface area contributed by atoms with E-state index in [1.807, 2.05) is 37.3 Å². The number of nitrogens with zero attached hydrogens (tertiary/aromatic N) is 3. The largest absolute Gasteiger partial charge is 0.259 e. The van der Waals surface area contributed by atoms with Crippen LogP contribution in [0.5, 0.6) is 0 Å². The van der Waals surface area contributed by atoms with E-state index in [0.717, 1.165) is 22.0 Å². The zero-order valence-electron chi connectivity index (χ0n) is 11.7. The van der Waals surface area contributed by atoms with Gasteiger partial charge in [-0.25, -0.2) is 0 Å². The third-order valence-corrected chi connectivity index (χ3v) is 3.98. The summed E-state index contributed by atoms with van der Waals surface area (Å²) in [5.74, 6) is 0.609. The van der Waals surface area contributed by atoms with Gasteiger partial charge in [-0.2, -0.15) is 10.2 Å². The molecule has 0 fully saturated rings. The van der Waals surface area contributed by atoms with Gasteiger partial charge in [0, 0.05) is 10.8 Å². The highest BCUT2D eigenvalue weighted by atomic mass is 35.5. The van der Waals surface area contributed by atoms with Gasteiger partial charge in [-0.3, -0.25) is 5.43 Å². The summed E-state index contributed by atoms with van der Waals surface area (Å²) in [4.78, 5) is 0. The van der Waals surface area contributed by atoms with Crippen LogP contribution in [0.25, 0.3) is 10.8 Å². The van der Waals surface area contributed by atoms with Gasteiger partial charge >= 0.3 is 0 Å². The first-order chi connectivity index (χ1) is 10.6. The minimum absolute atomic E-state index is 0.499. The SMILES string of the molecule is CC(=NNc1nncc2ccccc12)c1ccc(Cl)c(Cl)c1. The van der Waals surface area contributed by atoms with Crippen molar-refractivity contribution in [2.24, 2.45) is 5.10 Å². The van der Waals surface area contributed by atoms with E-state index >= 15 is 0 Å². The molecule has 22 heavy (non-hydrogen) atoms. The molecule has 4 nitrogen and oxygen atoms in total. The number of hydrogen-bond acceptors (Lipinski definition) is 4. The lowest BCUT2D eigenvalue weighted by atomic mass is 10.1. The monoisotopic (exact) mass is 330 g/mol. The van der Waals surface area contributed by atoms with Crippen molar-refractivity contribution in [3.63, 3.8) is 0 Å². The number of rotatable bonds is 3. The lowest BCUT2D eigenvalue weighted by Crippen LogP contribution is -2.02. The van der Waals surface area contributed by atoms with Gasteiger partial charge in [0.1, 0.15) is 0 Å². The zero-order chi connectivity index (χ0) is 15.5. The molecule has 0 spiro atoms. The number of nitrogens with one attached hydrogen (secondary N) is 1. The third kappa shape index (κ3) is 3.03. The Morgan fingerprint density at radius 1 is 1.09 bits per heavy atom. The topological polar surface area (TPSA) is 50.2 Å². The molecule has 0 atom stereocenters. The fraction of sp³-hybridized carbons (Fsp3) is 0.0625. The minimum Gasteiger partial charge on any atom is -0.259 e. The second-order valence-electron chi connectivity index (χ2n) is 4.72. The highest BCUT2D eigenvalue weighted by molar-refractivity contribution is 6.42. The maximum Gasteiger partial charge on any atom is 0.176 e. The molecule has 0 aliphatic carbocycles. The van der Waals surface area contributed by atoms with Crippen molar-refractivity contribution >= 4 is 45.5 Å². The van der Waals surface area contributed by atoms with Gasteiger partial charge in [-0.1, -0.05) is 53.5 Å². The van der Waals surface area contributed by atoms with Crippen LogP contribution in [0.4, 0.5) is 5.82 Å². The van der Waals surface area contributed by atoms with Crippen LogP contribution < -0.4 is 5.43 Å². The molecular weight excluding hydrogens is 319 g/mol. The standard InChI is InChI=1S/C16H12Cl2N4/c1-10(11-6-7-14(17)15(18)8-11)20-22-16-13-5-3-2-4-12(13)9-19-21-16/h2-9H,1H3,(H,21,22). The Hall–Kier alpha value is -2.17. The van der Waals surface area contributed by atoms with Crippen LogP contribution >= 0.6 is 23.2 Å². The summed E-state index contributed by atoms with van der Waals surface area (Å²) < 4.78 is 0. The van der Waals surface area contributed by atoms with E-state index < -0.39 is 0 Å².